The average Bonchev–Trinajstić information content (AvgIpc) is 3.21. The molecule has 0 unspecified atom stereocenters. The first-order valence-electron chi connectivity index (χ1n) is 12.8. The van der Waals surface area contributed by atoms with Gasteiger partial charge in [0.15, 0.2) is 11.5 Å². The van der Waals surface area contributed by atoms with Gasteiger partial charge in [0.05, 0.1) is 18.6 Å². The summed E-state index contributed by atoms with van der Waals surface area (Å²) in [6.07, 6.45) is 3.76. The molecule has 0 spiro atoms. The van der Waals surface area contributed by atoms with Crippen molar-refractivity contribution in [3.63, 3.8) is 0 Å². The smallest absolute Gasteiger partial charge is 0.294 e. The van der Waals surface area contributed by atoms with Gasteiger partial charge in [0.1, 0.15) is 24.7 Å². The van der Waals surface area contributed by atoms with E-state index in [9.17, 15) is 18.8 Å². The molecule has 0 radical (unpaired) electrons. The fraction of sp³-hybridized carbons (Fsp3) is 0.194. The summed E-state index contributed by atoms with van der Waals surface area (Å²) in [5.74, 6) is 0.200. The highest BCUT2D eigenvalue weighted by molar-refractivity contribution is 8.18. The van der Waals surface area contributed by atoms with Crippen molar-refractivity contribution in [1.29, 1.82) is 0 Å². The number of imide groups is 1. The monoisotopic (exact) mass is 576 g/mol. The molecule has 1 heterocycles. The van der Waals surface area contributed by atoms with Crippen molar-refractivity contribution in [2.45, 2.75) is 20.0 Å². The molecule has 212 valence electrons. The number of methoxy groups -OCH3 is 1. The van der Waals surface area contributed by atoms with E-state index >= 15 is 0 Å². The number of allylic oxidation sites excluding steroid dienone is 1. The molecule has 41 heavy (non-hydrogen) atoms. The molecule has 0 aliphatic carbocycles. The molecule has 1 aliphatic heterocycles. The highest BCUT2D eigenvalue weighted by atomic mass is 32.2. The zero-order valence-electron chi connectivity index (χ0n) is 22.6. The number of hydrogen-bond acceptors (Lipinski definition) is 7. The maximum Gasteiger partial charge on any atom is 0.294 e. The van der Waals surface area contributed by atoms with E-state index in [1.165, 1.54) is 19.2 Å². The van der Waals surface area contributed by atoms with E-state index in [-0.39, 0.29) is 17.3 Å². The first kappa shape index (κ1) is 29.4. The van der Waals surface area contributed by atoms with Crippen LogP contribution in [0.5, 0.6) is 17.2 Å². The lowest BCUT2D eigenvalue weighted by atomic mass is 10.0. The highest BCUT2D eigenvalue weighted by Crippen LogP contribution is 2.38. The van der Waals surface area contributed by atoms with Crippen molar-refractivity contribution >= 4 is 40.6 Å². The molecule has 1 aliphatic rings. The fourth-order valence-corrected chi connectivity index (χ4v) is 4.88. The predicted octanol–water partition coefficient (Wildman–Crippen LogP) is 6.22. The van der Waals surface area contributed by atoms with Gasteiger partial charge in [0.2, 0.25) is 5.91 Å². The molecule has 1 fully saturated rings. The number of halogens is 1. The number of thioether (sulfide) groups is 1. The minimum absolute atomic E-state index is 0.180. The Hall–Kier alpha value is -4.57. The van der Waals surface area contributed by atoms with Crippen LogP contribution in [-0.2, 0) is 22.6 Å². The highest BCUT2D eigenvalue weighted by Gasteiger charge is 2.36. The molecule has 8 nitrogen and oxygen atoms in total. The van der Waals surface area contributed by atoms with Crippen LogP contribution in [0.3, 0.4) is 0 Å². The molecular formula is C31H29FN2O6S. The van der Waals surface area contributed by atoms with Crippen LogP contribution in [0.25, 0.3) is 6.08 Å². The van der Waals surface area contributed by atoms with Gasteiger partial charge in [0.25, 0.3) is 11.1 Å². The Kier molecular flexibility index (Phi) is 9.81. The maximum absolute atomic E-state index is 13.3. The predicted molar refractivity (Wildman–Crippen MR) is 157 cm³/mol. The first-order valence-corrected chi connectivity index (χ1v) is 13.6. The van der Waals surface area contributed by atoms with Crippen LogP contribution in [0, 0.1) is 5.82 Å². The normalized spacial score (nSPS) is 13.8. The fourth-order valence-electron chi connectivity index (χ4n) is 4.04. The number of nitrogens with zero attached hydrogens (tertiary/aromatic N) is 1. The van der Waals surface area contributed by atoms with E-state index in [4.69, 9.17) is 14.2 Å². The van der Waals surface area contributed by atoms with E-state index < -0.39 is 23.6 Å². The summed E-state index contributed by atoms with van der Waals surface area (Å²) in [5, 5.41) is 2.13. The van der Waals surface area contributed by atoms with Gasteiger partial charge < -0.3 is 19.5 Å². The summed E-state index contributed by atoms with van der Waals surface area (Å²) in [5.41, 5.74) is 2.68. The second-order valence-electron chi connectivity index (χ2n) is 8.89. The Bertz CT molecular complexity index is 1470. The number of carbonyl (C=O) groups is 3. The van der Waals surface area contributed by atoms with Crippen molar-refractivity contribution in [2.24, 2.45) is 0 Å². The van der Waals surface area contributed by atoms with Crippen LogP contribution in [0.4, 0.5) is 14.9 Å². The van der Waals surface area contributed by atoms with Gasteiger partial charge in [-0.3, -0.25) is 19.3 Å². The van der Waals surface area contributed by atoms with Crippen LogP contribution in [0.1, 0.15) is 23.6 Å². The van der Waals surface area contributed by atoms with Crippen LogP contribution < -0.4 is 19.5 Å². The Labute approximate surface area is 241 Å². The minimum atomic E-state index is -0.565. The molecule has 3 aromatic rings. The summed E-state index contributed by atoms with van der Waals surface area (Å²) < 4.78 is 30.3. The summed E-state index contributed by atoms with van der Waals surface area (Å²) in [7, 11) is 1.54. The number of anilines is 1. The van der Waals surface area contributed by atoms with E-state index in [0.717, 1.165) is 27.8 Å². The number of hydrogen-bond donors (Lipinski definition) is 1. The molecule has 10 heteroatoms. The molecule has 1 N–H and O–H groups in total. The molecule has 3 amide bonds. The van der Waals surface area contributed by atoms with Gasteiger partial charge in [-0.05, 0) is 90.8 Å². The van der Waals surface area contributed by atoms with Gasteiger partial charge in [-0.1, -0.05) is 18.2 Å². The van der Waals surface area contributed by atoms with Gasteiger partial charge in [-0.15, -0.1) is 6.58 Å². The Morgan fingerprint density at radius 1 is 1.07 bits per heavy atom. The Balaban J connectivity index is 1.52. The van der Waals surface area contributed by atoms with E-state index in [1.807, 2.05) is 13.0 Å². The topological polar surface area (TPSA) is 94.2 Å². The van der Waals surface area contributed by atoms with Crippen molar-refractivity contribution in [3.05, 3.63) is 101 Å². The van der Waals surface area contributed by atoms with Gasteiger partial charge in [0, 0.05) is 11.3 Å². The number of nitrogens with one attached hydrogen (secondary N) is 1. The minimum Gasteiger partial charge on any atom is -0.497 e. The van der Waals surface area contributed by atoms with E-state index in [1.54, 1.807) is 54.6 Å². The van der Waals surface area contributed by atoms with Crippen LogP contribution in [-0.4, -0.2) is 42.2 Å². The summed E-state index contributed by atoms with van der Waals surface area (Å²) in [4.78, 5) is 39.4. The lowest BCUT2D eigenvalue weighted by Crippen LogP contribution is -2.36. The number of rotatable bonds is 12. The molecule has 3 aromatic carbocycles. The number of benzene rings is 3. The molecule has 4 rings (SSSR count). The second kappa shape index (κ2) is 13.7. The quantitative estimate of drug-likeness (QED) is 0.202. The van der Waals surface area contributed by atoms with Crippen LogP contribution in [0.15, 0.2) is 78.2 Å². The largest absolute Gasteiger partial charge is 0.497 e. The molecule has 1 saturated heterocycles. The van der Waals surface area contributed by atoms with Crippen molar-refractivity contribution in [1.82, 2.24) is 4.90 Å². The lowest BCUT2D eigenvalue weighted by molar-refractivity contribution is -0.127. The van der Waals surface area contributed by atoms with Gasteiger partial charge in [-0.2, -0.15) is 0 Å². The molecule has 0 saturated carbocycles. The lowest BCUT2D eigenvalue weighted by Gasteiger charge is -2.17. The number of carbonyl (C=O) groups excluding carboxylic acids is 3. The summed E-state index contributed by atoms with van der Waals surface area (Å²) in [6, 6.07) is 16.3. The van der Waals surface area contributed by atoms with Crippen molar-refractivity contribution in [3.8, 4) is 17.2 Å². The number of amides is 3. The summed E-state index contributed by atoms with van der Waals surface area (Å²) >= 11 is 0.760. The molecule has 0 atom stereocenters. The Morgan fingerprint density at radius 3 is 2.46 bits per heavy atom. The third kappa shape index (κ3) is 7.55. The van der Waals surface area contributed by atoms with E-state index in [2.05, 4.69) is 11.9 Å². The third-order valence-corrected chi connectivity index (χ3v) is 6.87. The zero-order valence-corrected chi connectivity index (χ0v) is 23.5. The third-order valence-electron chi connectivity index (χ3n) is 5.96. The van der Waals surface area contributed by atoms with Crippen LogP contribution >= 0.6 is 11.8 Å². The zero-order chi connectivity index (χ0) is 29.4. The first-order chi connectivity index (χ1) is 19.8. The number of ether oxygens (including phenoxy) is 3. The van der Waals surface area contributed by atoms with Gasteiger partial charge >= 0.3 is 0 Å². The molecule has 0 aromatic heterocycles. The van der Waals surface area contributed by atoms with E-state index in [0.29, 0.717) is 41.5 Å². The average molecular weight is 577 g/mol. The Morgan fingerprint density at radius 2 is 1.80 bits per heavy atom. The molecule has 0 bridgehead atoms. The molecular weight excluding hydrogens is 547 g/mol. The second-order valence-corrected chi connectivity index (χ2v) is 9.89. The standard InChI is InChI=1S/C31H29FN2O6S/c1-4-6-22-15-21(16-26(39-5-2)29(22)40-19-20-7-9-23(32)10-8-20)17-27-30(36)34(31(37)41-27)18-28(35)33-24-11-13-25(38-3)14-12-24/h4,7-17H,1,5-6,18-19H2,2-3H3,(H,33,35)/b27-17+. The van der Waals surface area contributed by atoms with Crippen molar-refractivity contribution in [2.75, 3.05) is 25.6 Å². The van der Waals surface area contributed by atoms with Crippen molar-refractivity contribution < 1.29 is 33.0 Å². The summed E-state index contributed by atoms with van der Waals surface area (Å²) in [6.45, 7) is 5.80. The van der Waals surface area contributed by atoms with Gasteiger partial charge in [-0.25, -0.2) is 4.39 Å². The maximum atomic E-state index is 13.3. The SMILES string of the molecule is C=CCc1cc(/C=C2/SC(=O)N(CC(=O)Nc3ccc(OC)cc3)C2=O)cc(OCC)c1OCc1ccc(F)cc1. The van der Waals surface area contributed by atoms with Crippen LogP contribution in [0.2, 0.25) is 0 Å².